The Balaban J connectivity index is 1.31. The van der Waals surface area contributed by atoms with E-state index in [1.807, 2.05) is 48.5 Å². The van der Waals surface area contributed by atoms with Gasteiger partial charge >= 0.3 is 0 Å². The van der Waals surface area contributed by atoms with E-state index in [-0.39, 0.29) is 6.10 Å². The average molecular weight is 401 g/mol. The third kappa shape index (κ3) is 4.90. The molecule has 0 aliphatic carbocycles. The molecule has 1 N–H and O–H groups in total. The quantitative estimate of drug-likeness (QED) is 0.631. The van der Waals surface area contributed by atoms with Crippen LogP contribution in [0.25, 0.3) is 11.4 Å². The minimum atomic E-state index is 0.157. The van der Waals surface area contributed by atoms with Crippen LogP contribution in [0.15, 0.2) is 59.8 Å². The van der Waals surface area contributed by atoms with E-state index >= 15 is 0 Å². The van der Waals surface area contributed by atoms with Crippen molar-refractivity contribution in [3.05, 3.63) is 65.2 Å². The number of nitrogens with zero attached hydrogens (tertiary/aromatic N) is 3. The average Bonchev–Trinajstić information content (AvgIpc) is 3.18. The third-order valence-electron chi connectivity index (χ3n) is 4.49. The van der Waals surface area contributed by atoms with E-state index in [2.05, 4.69) is 26.1 Å². The van der Waals surface area contributed by atoms with Crippen molar-refractivity contribution in [1.82, 2.24) is 20.1 Å². The van der Waals surface area contributed by atoms with Crippen molar-refractivity contribution in [2.75, 3.05) is 25.4 Å². The lowest BCUT2D eigenvalue weighted by atomic mass is 10.2. The van der Waals surface area contributed by atoms with Crippen LogP contribution in [0.3, 0.4) is 0 Å². The van der Waals surface area contributed by atoms with E-state index in [0.29, 0.717) is 0 Å². The van der Waals surface area contributed by atoms with Gasteiger partial charge in [0, 0.05) is 36.0 Å². The number of H-pyrrole nitrogens is 1. The minimum Gasteiger partial charge on any atom is -0.375 e. The number of morpholine rings is 1. The lowest BCUT2D eigenvalue weighted by molar-refractivity contribution is -0.0187. The number of hydrogen-bond donors (Lipinski definition) is 1. The number of rotatable bonds is 6. The number of thioether (sulfide) groups is 1. The molecule has 27 heavy (non-hydrogen) atoms. The summed E-state index contributed by atoms with van der Waals surface area (Å²) in [5.74, 6) is 1.62. The first-order chi connectivity index (χ1) is 13.3. The van der Waals surface area contributed by atoms with Crippen LogP contribution in [0.5, 0.6) is 0 Å². The molecule has 4 rings (SSSR count). The summed E-state index contributed by atoms with van der Waals surface area (Å²) >= 11 is 7.91. The molecule has 1 fully saturated rings. The van der Waals surface area contributed by atoms with Gasteiger partial charge in [-0.25, -0.2) is 4.98 Å². The zero-order valence-electron chi connectivity index (χ0n) is 14.8. The SMILES string of the molecule is Clc1ccccc1CN1CCO[C@H](CSc2n[nH]c(-c3ccccc3)n2)C1. The van der Waals surface area contributed by atoms with Gasteiger partial charge in [-0.05, 0) is 11.6 Å². The van der Waals surface area contributed by atoms with Crippen molar-refractivity contribution in [2.45, 2.75) is 17.8 Å². The highest BCUT2D eigenvalue weighted by Crippen LogP contribution is 2.23. The number of ether oxygens (including phenoxy) is 1. The van der Waals surface area contributed by atoms with Gasteiger partial charge in [-0.1, -0.05) is 71.9 Å². The highest BCUT2D eigenvalue weighted by molar-refractivity contribution is 7.99. The Morgan fingerprint density at radius 1 is 1.15 bits per heavy atom. The molecule has 140 valence electrons. The van der Waals surface area contributed by atoms with Crippen LogP contribution in [-0.2, 0) is 11.3 Å². The maximum absolute atomic E-state index is 6.29. The Morgan fingerprint density at radius 3 is 2.81 bits per heavy atom. The van der Waals surface area contributed by atoms with Crippen LogP contribution in [-0.4, -0.2) is 51.6 Å². The van der Waals surface area contributed by atoms with E-state index in [9.17, 15) is 0 Å². The molecule has 0 spiro atoms. The minimum absolute atomic E-state index is 0.157. The summed E-state index contributed by atoms with van der Waals surface area (Å²) in [5, 5.41) is 8.90. The monoisotopic (exact) mass is 400 g/mol. The maximum atomic E-state index is 6.29. The number of nitrogens with one attached hydrogen (secondary N) is 1. The summed E-state index contributed by atoms with van der Waals surface area (Å²) < 4.78 is 5.93. The molecule has 0 amide bonds. The van der Waals surface area contributed by atoms with Crippen LogP contribution >= 0.6 is 23.4 Å². The Bertz CT molecular complexity index is 873. The first kappa shape index (κ1) is 18.5. The summed E-state index contributed by atoms with van der Waals surface area (Å²) in [6.45, 7) is 3.39. The van der Waals surface area contributed by atoms with Crippen molar-refractivity contribution in [3.8, 4) is 11.4 Å². The molecule has 1 atom stereocenters. The molecule has 2 aromatic carbocycles. The molecule has 1 saturated heterocycles. The molecule has 3 aromatic rings. The molecule has 0 bridgehead atoms. The molecular weight excluding hydrogens is 380 g/mol. The summed E-state index contributed by atoms with van der Waals surface area (Å²) in [5.41, 5.74) is 2.20. The van der Waals surface area contributed by atoms with E-state index in [0.717, 1.165) is 59.1 Å². The van der Waals surface area contributed by atoms with Gasteiger partial charge in [0.15, 0.2) is 5.82 Å². The summed E-state index contributed by atoms with van der Waals surface area (Å²) in [6, 6.07) is 18.0. The Kier molecular flexibility index (Phi) is 6.09. The third-order valence-corrected chi connectivity index (χ3v) is 5.83. The van der Waals surface area contributed by atoms with E-state index in [1.165, 1.54) is 0 Å². The summed E-state index contributed by atoms with van der Waals surface area (Å²) in [4.78, 5) is 6.97. The van der Waals surface area contributed by atoms with Crippen LogP contribution in [0, 0.1) is 0 Å². The fourth-order valence-corrected chi connectivity index (χ4v) is 4.09. The van der Waals surface area contributed by atoms with Gasteiger partial charge in [0.25, 0.3) is 0 Å². The first-order valence-electron chi connectivity index (χ1n) is 8.96. The fourth-order valence-electron chi connectivity index (χ4n) is 3.10. The van der Waals surface area contributed by atoms with Gasteiger partial charge < -0.3 is 4.74 Å². The molecule has 5 nitrogen and oxygen atoms in total. The van der Waals surface area contributed by atoms with Crippen LogP contribution in [0.4, 0.5) is 0 Å². The van der Waals surface area contributed by atoms with Gasteiger partial charge in [0.2, 0.25) is 5.16 Å². The molecule has 1 aliphatic rings. The maximum Gasteiger partial charge on any atom is 0.208 e. The van der Waals surface area contributed by atoms with Gasteiger partial charge in [0.05, 0.1) is 12.7 Å². The summed E-state index contributed by atoms with van der Waals surface area (Å²) in [6.07, 6.45) is 0.157. The largest absolute Gasteiger partial charge is 0.375 e. The first-order valence-corrected chi connectivity index (χ1v) is 10.3. The Labute approximate surface area is 168 Å². The van der Waals surface area contributed by atoms with Crippen LogP contribution in [0.2, 0.25) is 5.02 Å². The molecule has 1 aromatic heterocycles. The molecule has 0 saturated carbocycles. The fraction of sp³-hybridized carbons (Fsp3) is 0.300. The van der Waals surface area contributed by atoms with Crippen LogP contribution < -0.4 is 0 Å². The van der Waals surface area contributed by atoms with Crippen LogP contribution in [0.1, 0.15) is 5.56 Å². The Hall–Kier alpha value is -1.86. The second-order valence-corrected chi connectivity index (χ2v) is 7.86. The predicted octanol–water partition coefficient (Wildman–Crippen LogP) is 4.12. The van der Waals surface area contributed by atoms with E-state index in [4.69, 9.17) is 16.3 Å². The smallest absolute Gasteiger partial charge is 0.208 e. The van der Waals surface area contributed by atoms with Gasteiger partial charge in [0.1, 0.15) is 0 Å². The molecule has 0 unspecified atom stereocenters. The second-order valence-electron chi connectivity index (χ2n) is 6.46. The highest BCUT2D eigenvalue weighted by Gasteiger charge is 2.22. The number of halogens is 1. The number of aromatic nitrogens is 3. The number of benzene rings is 2. The van der Waals surface area contributed by atoms with Crippen molar-refractivity contribution >= 4 is 23.4 Å². The van der Waals surface area contributed by atoms with Gasteiger partial charge in [-0.15, -0.1) is 5.10 Å². The van der Waals surface area contributed by atoms with Crippen molar-refractivity contribution < 1.29 is 4.74 Å². The van der Waals surface area contributed by atoms with Gasteiger partial charge in [-0.2, -0.15) is 0 Å². The lowest BCUT2D eigenvalue weighted by Gasteiger charge is -2.32. The zero-order chi connectivity index (χ0) is 18.5. The molecule has 0 radical (unpaired) electrons. The standard InChI is InChI=1S/C20H21ClN4OS/c21-18-9-5-4-8-16(18)12-25-10-11-26-17(13-25)14-27-20-22-19(23-24-20)15-6-2-1-3-7-15/h1-9,17H,10-14H2,(H,22,23,24)/t17-/m0/s1. The predicted molar refractivity (Wildman–Crippen MR) is 109 cm³/mol. The van der Waals surface area contributed by atoms with Crippen molar-refractivity contribution in [1.29, 1.82) is 0 Å². The van der Waals surface area contributed by atoms with Crippen molar-refractivity contribution in [2.24, 2.45) is 0 Å². The van der Waals surface area contributed by atoms with E-state index < -0.39 is 0 Å². The summed E-state index contributed by atoms with van der Waals surface area (Å²) in [7, 11) is 0. The van der Waals surface area contributed by atoms with Crippen molar-refractivity contribution in [3.63, 3.8) is 0 Å². The zero-order valence-corrected chi connectivity index (χ0v) is 16.4. The van der Waals surface area contributed by atoms with E-state index in [1.54, 1.807) is 11.8 Å². The molecule has 7 heteroatoms. The number of hydrogen-bond acceptors (Lipinski definition) is 5. The second kappa shape index (κ2) is 8.89. The lowest BCUT2D eigenvalue weighted by Crippen LogP contribution is -2.43. The molecular formula is C20H21ClN4OS. The number of aromatic amines is 1. The normalized spacial score (nSPS) is 17.9. The topological polar surface area (TPSA) is 54.0 Å². The van der Waals surface area contributed by atoms with Gasteiger partial charge in [-0.3, -0.25) is 10.00 Å². The molecule has 2 heterocycles. The Morgan fingerprint density at radius 2 is 1.96 bits per heavy atom. The highest BCUT2D eigenvalue weighted by atomic mass is 35.5. The molecule has 1 aliphatic heterocycles.